The van der Waals surface area contributed by atoms with Crippen molar-refractivity contribution in [3.63, 3.8) is 0 Å². The van der Waals surface area contributed by atoms with Crippen molar-refractivity contribution in [2.75, 3.05) is 0 Å². The normalized spacial score (nSPS) is 9.63. The maximum absolute atomic E-state index is 11.7. The van der Waals surface area contributed by atoms with Crippen LogP contribution in [0.15, 0.2) is 54.6 Å². The molecule has 0 aromatic heterocycles. The number of ether oxygens (including phenoxy) is 1. The first-order chi connectivity index (χ1) is 9.29. The molecule has 0 saturated heterocycles. The van der Waals surface area contributed by atoms with E-state index < -0.39 is 0 Å². The molecular formula is C16H13NO2. The van der Waals surface area contributed by atoms with E-state index in [4.69, 9.17) is 10.00 Å². The van der Waals surface area contributed by atoms with E-state index in [1.165, 1.54) is 0 Å². The number of hydrogen-bond donors (Lipinski definition) is 0. The molecule has 3 heteroatoms. The summed E-state index contributed by atoms with van der Waals surface area (Å²) in [6, 6.07) is 18.4. The Morgan fingerprint density at radius 2 is 1.74 bits per heavy atom. The predicted molar refractivity (Wildman–Crippen MR) is 71.6 cm³/mol. The van der Waals surface area contributed by atoms with Crippen LogP contribution in [-0.2, 0) is 11.2 Å². The highest BCUT2D eigenvalue weighted by Gasteiger charge is 2.07. The predicted octanol–water partition coefficient (Wildman–Crippen LogP) is 3.10. The minimum absolute atomic E-state index is 0.258. The van der Waals surface area contributed by atoms with Gasteiger partial charge in [0.1, 0.15) is 5.75 Å². The SMILES string of the molecule is N#Cc1ccccc1CCC(=O)Oc1ccccc1. The zero-order valence-corrected chi connectivity index (χ0v) is 10.4. The molecule has 2 aromatic rings. The van der Waals surface area contributed by atoms with Gasteiger partial charge in [0.25, 0.3) is 0 Å². The number of carbonyl (C=O) groups excluding carboxylic acids is 1. The van der Waals surface area contributed by atoms with E-state index in [1.807, 2.05) is 36.4 Å². The van der Waals surface area contributed by atoms with Crippen LogP contribution in [0.4, 0.5) is 0 Å². The third-order valence-corrected chi connectivity index (χ3v) is 2.71. The number of benzene rings is 2. The highest BCUT2D eigenvalue weighted by Crippen LogP contribution is 2.12. The van der Waals surface area contributed by atoms with Gasteiger partial charge in [0.2, 0.25) is 0 Å². The second-order valence-electron chi connectivity index (χ2n) is 4.06. The van der Waals surface area contributed by atoms with Crippen LogP contribution in [0.2, 0.25) is 0 Å². The van der Waals surface area contributed by atoms with E-state index in [-0.39, 0.29) is 12.4 Å². The largest absolute Gasteiger partial charge is 0.427 e. The number of esters is 1. The Morgan fingerprint density at radius 1 is 1.05 bits per heavy atom. The van der Waals surface area contributed by atoms with Crippen LogP contribution in [0.25, 0.3) is 0 Å². The van der Waals surface area contributed by atoms with Gasteiger partial charge in [0.05, 0.1) is 18.1 Å². The quantitative estimate of drug-likeness (QED) is 0.619. The van der Waals surface area contributed by atoms with Crippen molar-refractivity contribution >= 4 is 5.97 Å². The van der Waals surface area contributed by atoms with Crippen molar-refractivity contribution < 1.29 is 9.53 Å². The van der Waals surface area contributed by atoms with E-state index in [1.54, 1.807) is 18.2 Å². The van der Waals surface area contributed by atoms with Gasteiger partial charge in [-0.1, -0.05) is 36.4 Å². The first kappa shape index (κ1) is 12.8. The van der Waals surface area contributed by atoms with E-state index in [9.17, 15) is 4.79 Å². The molecule has 19 heavy (non-hydrogen) atoms. The van der Waals surface area contributed by atoms with Crippen molar-refractivity contribution in [1.82, 2.24) is 0 Å². The fraction of sp³-hybridized carbons (Fsp3) is 0.125. The van der Waals surface area contributed by atoms with Crippen LogP contribution in [-0.4, -0.2) is 5.97 Å². The fourth-order valence-corrected chi connectivity index (χ4v) is 1.76. The molecule has 0 unspecified atom stereocenters. The van der Waals surface area contributed by atoms with Gasteiger partial charge in [-0.25, -0.2) is 0 Å². The van der Waals surface area contributed by atoms with Crippen LogP contribution in [0.5, 0.6) is 5.75 Å². The number of aryl methyl sites for hydroxylation is 1. The molecule has 2 aromatic carbocycles. The number of para-hydroxylation sites is 1. The maximum Gasteiger partial charge on any atom is 0.311 e. The van der Waals surface area contributed by atoms with Crippen LogP contribution in [0.3, 0.4) is 0 Å². The van der Waals surface area contributed by atoms with Crippen LogP contribution in [0.1, 0.15) is 17.5 Å². The summed E-state index contributed by atoms with van der Waals surface area (Å²) in [7, 11) is 0. The molecule has 0 N–H and O–H groups in total. The molecule has 0 amide bonds. The maximum atomic E-state index is 11.7. The van der Waals surface area contributed by atoms with E-state index in [0.717, 1.165) is 5.56 Å². The Bertz CT molecular complexity index is 600. The summed E-state index contributed by atoms with van der Waals surface area (Å²) in [6.07, 6.45) is 0.767. The third-order valence-electron chi connectivity index (χ3n) is 2.71. The molecule has 0 atom stereocenters. The zero-order chi connectivity index (χ0) is 13.5. The molecule has 3 nitrogen and oxygen atoms in total. The van der Waals surface area contributed by atoms with Crippen LogP contribution in [0, 0.1) is 11.3 Å². The summed E-state index contributed by atoms with van der Waals surface area (Å²) in [5.41, 5.74) is 1.48. The summed E-state index contributed by atoms with van der Waals surface area (Å²) in [4.78, 5) is 11.7. The monoisotopic (exact) mass is 251 g/mol. The average molecular weight is 251 g/mol. The van der Waals surface area contributed by atoms with Gasteiger partial charge >= 0.3 is 5.97 Å². The van der Waals surface area contributed by atoms with E-state index in [2.05, 4.69) is 6.07 Å². The molecule has 0 aliphatic carbocycles. The highest BCUT2D eigenvalue weighted by atomic mass is 16.5. The Kier molecular flexibility index (Phi) is 4.30. The van der Waals surface area contributed by atoms with E-state index in [0.29, 0.717) is 17.7 Å². The van der Waals surface area contributed by atoms with Crippen molar-refractivity contribution in [1.29, 1.82) is 5.26 Å². The van der Waals surface area contributed by atoms with Gasteiger partial charge < -0.3 is 4.74 Å². The fourth-order valence-electron chi connectivity index (χ4n) is 1.76. The Hall–Kier alpha value is -2.60. The Morgan fingerprint density at radius 3 is 2.47 bits per heavy atom. The molecule has 0 fully saturated rings. The summed E-state index contributed by atoms with van der Waals surface area (Å²) < 4.78 is 5.19. The lowest BCUT2D eigenvalue weighted by molar-refractivity contribution is -0.134. The molecule has 0 spiro atoms. The van der Waals surface area contributed by atoms with Gasteiger partial charge in [0, 0.05) is 0 Å². The number of nitriles is 1. The van der Waals surface area contributed by atoms with Gasteiger partial charge in [-0.05, 0) is 30.2 Å². The van der Waals surface area contributed by atoms with Crippen molar-refractivity contribution in [2.24, 2.45) is 0 Å². The Labute approximate surface area is 112 Å². The average Bonchev–Trinajstić information content (AvgIpc) is 2.46. The van der Waals surface area contributed by atoms with Crippen LogP contribution < -0.4 is 4.74 Å². The summed E-state index contributed by atoms with van der Waals surface area (Å²) in [6.45, 7) is 0. The Balaban J connectivity index is 1.92. The minimum Gasteiger partial charge on any atom is -0.427 e. The lowest BCUT2D eigenvalue weighted by Gasteiger charge is -2.05. The molecule has 94 valence electrons. The second kappa shape index (κ2) is 6.36. The highest BCUT2D eigenvalue weighted by molar-refractivity contribution is 5.72. The number of hydrogen-bond acceptors (Lipinski definition) is 3. The lowest BCUT2D eigenvalue weighted by Crippen LogP contribution is -2.09. The van der Waals surface area contributed by atoms with Gasteiger partial charge in [0.15, 0.2) is 0 Å². The van der Waals surface area contributed by atoms with Crippen molar-refractivity contribution in [3.8, 4) is 11.8 Å². The number of nitrogens with zero attached hydrogens (tertiary/aromatic N) is 1. The lowest BCUT2D eigenvalue weighted by atomic mass is 10.0. The summed E-state index contributed by atoms with van der Waals surface area (Å²) in [5, 5.41) is 8.95. The van der Waals surface area contributed by atoms with Gasteiger partial charge in [-0.2, -0.15) is 5.26 Å². The molecular weight excluding hydrogens is 238 g/mol. The van der Waals surface area contributed by atoms with E-state index >= 15 is 0 Å². The summed E-state index contributed by atoms with van der Waals surface area (Å²) >= 11 is 0. The molecule has 0 aliphatic heterocycles. The molecule has 0 heterocycles. The molecule has 0 bridgehead atoms. The van der Waals surface area contributed by atoms with Crippen molar-refractivity contribution in [3.05, 3.63) is 65.7 Å². The smallest absolute Gasteiger partial charge is 0.311 e. The van der Waals surface area contributed by atoms with Crippen molar-refractivity contribution in [2.45, 2.75) is 12.8 Å². The second-order valence-corrected chi connectivity index (χ2v) is 4.06. The molecule has 2 rings (SSSR count). The molecule has 0 aliphatic rings. The molecule has 0 radical (unpaired) electrons. The summed E-state index contributed by atoms with van der Waals surface area (Å²) in [5.74, 6) is 0.250. The first-order valence-corrected chi connectivity index (χ1v) is 6.03. The van der Waals surface area contributed by atoms with Gasteiger partial charge in [-0.3, -0.25) is 4.79 Å². The number of carbonyl (C=O) groups is 1. The topological polar surface area (TPSA) is 50.1 Å². The number of rotatable bonds is 4. The van der Waals surface area contributed by atoms with Crippen LogP contribution >= 0.6 is 0 Å². The standard InChI is InChI=1S/C16H13NO2/c17-12-14-7-5-4-6-13(14)10-11-16(18)19-15-8-2-1-3-9-15/h1-9H,10-11H2. The van der Waals surface area contributed by atoms with Gasteiger partial charge in [-0.15, -0.1) is 0 Å². The molecule has 0 saturated carbocycles. The zero-order valence-electron chi connectivity index (χ0n) is 10.4. The third kappa shape index (κ3) is 3.68. The minimum atomic E-state index is -0.293. The first-order valence-electron chi connectivity index (χ1n) is 6.03.